The Morgan fingerprint density at radius 3 is 2.90 bits per heavy atom. The number of anilines is 1. The first-order valence-corrected chi connectivity index (χ1v) is 6.19. The molecule has 0 amide bonds. The van der Waals surface area contributed by atoms with Crippen LogP contribution >= 0.6 is 0 Å². The van der Waals surface area contributed by atoms with Crippen molar-refractivity contribution in [3.63, 3.8) is 0 Å². The zero-order valence-corrected chi connectivity index (χ0v) is 10.7. The van der Waals surface area contributed by atoms with Crippen LogP contribution in [0, 0.1) is 27.4 Å². The van der Waals surface area contributed by atoms with Crippen LogP contribution in [0.25, 0.3) is 0 Å². The van der Waals surface area contributed by atoms with Crippen molar-refractivity contribution in [2.24, 2.45) is 5.92 Å². The number of carboxylic acid groups (broad SMARTS) is 1. The molecule has 1 unspecified atom stereocenters. The largest absolute Gasteiger partial charge is 0.481 e. The van der Waals surface area contributed by atoms with E-state index in [0.29, 0.717) is 25.2 Å². The van der Waals surface area contributed by atoms with E-state index < -0.39 is 16.8 Å². The molecule has 1 fully saturated rings. The van der Waals surface area contributed by atoms with Crippen molar-refractivity contribution in [3.8, 4) is 6.07 Å². The quantitative estimate of drug-likeness (QED) is 0.665. The van der Waals surface area contributed by atoms with Crippen molar-refractivity contribution in [2.75, 3.05) is 18.0 Å². The summed E-state index contributed by atoms with van der Waals surface area (Å²) in [6.45, 7) is 0.970. The van der Waals surface area contributed by atoms with Crippen LogP contribution in [0.15, 0.2) is 18.2 Å². The second kappa shape index (κ2) is 5.57. The van der Waals surface area contributed by atoms with E-state index in [1.165, 1.54) is 18.2 Å². The molecule has 1 aromatic rings. The van der Waals surface area contributed by atoms with Crippen molar-refractivity contribution in [3.05, 3.63) is 33.9 Å². The van der Waals surface area contributed by atoms with Crippen molar-refractivity contribution in [1.82, 2.24) is 0 Å². The maximum absolute atomic E-state index is 11.0. The summed E-state index contributed by atoms with van der Waals surface area (Å²) in [5, 5.41) is 28.9. The van der Waals surface area contributed by atoms with Gasteiger partial charge in [-0.3, -0.25) is 14.9 Å². The maximum Gasteiger partial charge on any atom is 0.308 e. The van der Waals surface area contributed by atoms with E-state index in [1.54, 1.807) is 0 Å². The van der Waals surface area contributed by atoms with E-state index in [4.69, 9.17) is 10.4 Å². The van der Waals surface area contributed by atoms with Gasteiger partial charge >= 0.3 is 5.97 Å². The van der Waals surface area contributed by atoms with E-state index >= 15 is 0 Å². The van der Waals surface area contributed by atoms with Crippen LogP contribution in [0.2, 0.25) is 0 Å². The number of nitro benzene ring substituents is 1. The molecule has 7 heteroatoms. The summed E-state index contributed by atoms with van der Waals surface area (Å²) in [5.41, 5.74) is 0.617. The topological polar surface area (TPSA) is 107 Å². The summed E-state index contributed by atoms with van der Waals surface area (Å²) in [5.74, 6) is -1.32. The molecule has 1 aliphatic heterocycles. The number of nitro groups is 1. The lowest BCUT2D eigenvalue weighted by Gasteiger charge is -2.32. The van der Waals surface area contributed by atoms with Crippen LogP contribution in [0.1, 0.15) is 18.4 Å². The third-order valence-corrected chi connectivity index (χ3v) is 3.42. The lowest BCUT2D eigenvalue weighted by atomic mass is 9.97. The van der Waals surface area contributed by atoms with Crippen molar-refractivity contribution < 1.29 is 14.8 Å². The van der Waals surface area contributed by atoms with Gasteiger partial charge in [0.15, 0.2) is 0 Å². The van der Waals surface area contributed by atoms with Crippen LogP contribution in [0.3, 0.4) is 0 Å². The van der Waals surface area contributed by atoms with Gasteiger partial charge in [0.2, 0.25) is 0 Å². The number of benzene rings is 1. The number of piperidine rings is 1. The summed E-state index contributed by atoms with van der Waals surface area (Å²) in [6, 6.07) is 6.01. The summed E-state index contributed by atoms with van der Waals surface area (Å²) < 4.78 is 0. The molecule has 1 atom stereocenters. The highest BCUT2D eigenvalue weighted by Crippen LogP contribution is 2.29. The van der Waals surface area contributed by atoms with Crippen molar-refractivity contribution in [2.45, 2.75) is 12.8 Å². The number of rotatable bonds is 3. The predicted octanol–water partition coefficient (Wildman–Crippen LogP) is 1.77. The van der Waals surface area contributed by atoms with Gasteiger partial charge in [-0.25, -0.2) is 0 Å². The first kappa shape index (κ1) is 13.8. The Kier molecular flexibility index (Phi) is 3.84. The highest BCUT2D eigenvalue weighted by Gasteiger charge is 2.27. The fraction of sp³-hybridized carbons (Fsp3) is 0.385. The van der Waals surface area contributed by atoms with Gasteiger partial charge in [-0.15, -0.1) is 0 Å². The van der Waals surface area contributed by atoms with Gasteiger partial charge in [0.25, 0.3) is 5.69 Å². The molecule has 1 saturated heterocycles. The van der Waals surface area contributed by atoms with Gasteiger partial charge in [-0.2, -0.15) is 5.26 Å². The highest BCUT2D eigenvalue weighted by molar-refractivity contribution is 5.72. The molecule has 2 rings (SSSR count). The van der Waals surface area contributed by atoms with Gasteiger partial charge in [0.1, 0.15) is 6.07 Å². The average Bonchev–Trinajstić information content (AvgIpc) is 2.46. The Bertz CT molecular complexity index is 594. The van der Waals surface area contributed by atoms with Gasteiger partial charge in [0, 0.05) is 25.2 Å². The van der Waals surface area contributed by atoms with Crippen LogP contribution < -0.4 is 4.90 Å². The molecule has 1 N–H and O–H groups in total. The van der Waals surface area contributed by atoms with Crippen molar-refractivity contribution in [1.29, 1.82) is 5.26 Å². The Balaban J connectivity index is 2.30. The highest BCUT2D eigenvalue weighted by atomic mass is 16.6. The second-order valence-electron chi connectivity index (χ2n) is 4.69. The Labute approximate surface area is 115 Å². The zero-order valence-electron chi connectivity index (χ0n) is 10.7. The maximum atomic E-state index is 11.0. The van der Waals surface area contributed by atoms with Gasteiger partial charge < -0.3 is 10.0 Å². The molecule has 0 aliphatic carbocycles. The van der Waals surface area contributed by atoms with E-state index in [0.717, 1.165) is 6.42 Å². The Morgan fingerprint density at radius 2 is 2.30 bits per heavy atom. The van der Waals surface area contributed by atoms with Crippen LogP contribution in [0.5, 0.6) is 0 Å². The molecule has 1 heterocycles. The van der Waals surface area contributed by atoms with Crippen LogP contribution in [-0.2, 0) is 4.79 Å². The molecule has 104 valence electrons. The summed E-state index contributed by atoms with van der Waals surface area (Å²) in [7, 11) is 0. The first-order valence-electron chi connectivity index (χ1n) is 6.19. The lowest BCUT2D eigenvalue weighted by Crippen LogP contribution is -2.39. The monoisotopic (exact) mass is 275 g/mol. The number of non-ortho nitro benzene ring substituents is 1. The van der Waals surface area contributed by atoms with Crippen LogP contribution in [0.4, 0.5) is 11.4 Å². The normalized spacial score (nSPS) is 18.4. The summed E-state index contributed by atoms with van der Waals surface area (Å²) >= 11 is 0. The Morgan fingerprint density at radius 1 is 1.55 bits per heavy atom. The third kappa shape index (κ3) is 2.69. The lowest BCUT2D eigenvalue weighted by molar-refractivity contribution is -0.384. The van der Waals surface area contributed by atoms with E-state index in [9.17, 15) is 14.9 Å². The molecular weight excluding hydrogens is 262 g/mol. The standard InChI is InChI=1S/C13H13N3O4/c14-7-10-6-11(16(19)20)3-4-12(10)15-5-1-2-9(8-15)13(17)18/h3-4,6,9H,1-2,5,8H2,(H,17,18). The molecule has 1 aliphatic rings. The smallest absolute Gasteiger partial charge is 0.308 e. The van der Waals surface area contributed by atoms with Crippen molar-refractivity contribution >= 4 is 17.3 Å². The second-order valence-corrected chi connectivity index (χ2v) is 4.69. The number of nitriles is 1. The van der Waals surface area contributed by atoms with Gasteiger partial charge in [-0.1, -0.05) is 0 Å². The third-order valence-electron chi connectivity index (χ3n) is 3.42. The number of hydrogen-bond donors (Lipinski definition) is 1. The molecule has 1 aromatic carbocycles. The number of aliphatic carboxylic acids is 1. The minimum atomic E-state index is -0.852. The molecule has 0 aromatic heterocycles. The molecular formula is C13H13N3O4. The minimum absolute atomic E-state index is 0.142. The van der Waals surface area contributed by atoms with Crippen LogP contribution in [-0.4, -0.2) is 29.1 Å². The fourth-order valence-electron chi connectivity index (χ4n) is 2.40. The molecule has 20 heavy (non-hydrogen) atoms. The number of carbonyl (C=O) groups is 1. The first-order chi connectivity index (χ1) is 9.52. The van der Waals surface area contributed by atoms with E-state index in [2.05, 4.69) is 0 Å². The molecule has 7 nitrogen and oxygen atoms in total. The summed E-state index contributed by atoms with van der Waals surface area (Å²) in [4.78, 5) is 23.0. The van der Waals surface area contributed by atoms with E-state index in [1.807, 2.05) is 11.0 Å². The summed E-state index contributed by atoms with van der Waals surface area (Å²) in [6.07, 6.45) is 1.33. The zero-order chi connectivity index (χ0) is 14.7. The molecule has 0 saturated carbocycles. The SMILES string of the molecule is N#Cc1cc([N+](=O)[O-])ccc1N1CCCC(C(=O)O)C1. The number of nitrogens with zero attached hydrogens (tertiary/aromatic N) is 3. The van der Waals surface area contributed by atoms with Gasteiger partial charge in [0.05, 0.1) is 22.1 Å². The average molecular weight is 275 g/mol. The Hall–Kier alpha value is -2.62. The molecule has 0 radical (unpaired) electrons. The van der Waals surface area contributed by atoms with Gasteiger partial charge in [-0.05, 0) is 18.9 Å². The minimum Gasteiger partial charge on any atom is -0.481 e. The molecule has 0 bridgehead atoms. The predicted molar refractivity (Wildman–Crippen MR) is 70.4 cm³/mol. The number of carboxylic acids is 1. The number of hydrogen-bond acceptors (Lipinski definition) is 5. The molecule has 0 spiro atoms. The fourth-order valence-corrected chi connectivity index (χ4v) is 2.40. The van der Waals surface area contributed by atoms with E-state index in [-0.39, 0.29) is 11.3 Å².